The number of fused-ring (bicyclic) bond motifs is 15. The van der Waals surface area contributed by atoms with Crippen LogP contribution >= 0.6 is 0 Å². The van der Waals surface area contributed by atoms with Crippen molar-refractivity contribution in [3.8, 4) is 44.5 Å². The van der Waals surface area contributed by atoms with Crippen LogP contribution in [-0.2, 0) is 5.41 Å². The third-order valence-electron chi connectivity index (χ3n) is 13.3. The first-order valence-electron chi connectivity index (χ1n) is 21.1. The molecule has 2 heteroatoms. The first-order chi connectivity index (χ1) is 30.3. The van der Waals surface area contributed by atoms with E-state index >= 15 is 0 Å². The van der Waals surface area contributed by atoms with Crippen molar-refractivity contribution < 1.29 is 4.42 Å². The zero-order valence-electron chi connectivity index (χ0n) is 33.2. The summed E-state index contributed by atoms with van der Waals surface area (Å²) in [6.45, 7) is 0. The van der Waals surface area contributed by atoms with E-state index in [9.17, 15) is 0 Å². The molecule has 2 nitrogen and oxygen atoms in total. The van der Waals surface area contributed by atoms with E-state index in [0.717, 1.165) is 50.1 Å². The Morgan fingerprint density at radius 3 is 1.54 bits per heavy atom. The molecule has 0 aliphatic heterocycles. The number of furan rings is 1. The molecule has 1 spiro atoms. The minimum atomic E-state index is -0.462. The van der Waals surface area contributed by atoms with Crippen LogP contribution in [0, 0.1) is 0 Å². The van der Waals surface area contributed by atoms with Gasteiger partial charge in [-0.1, -0.05) is 182 Å². The van der Waals surface area contributed by atoms with Gasteiger partial charge in [0.25, 0.3) is 0 Å². The molecule has 0 bridgehead atoms. The average molecular weight is 776 g/mol. The fourth-order valence-corrected chi connectivity index (χ4v) is 10.7. The zero-order valence-corrected chi connectivity index (χ0v) is 33.2. The quantitative estimate of drug-likeness (QED) is 0.173. The summed E-state index contributed by atoms with van der Waals surface area (Å²) in [5.41, 5.74) is 19.6. The van der Waals surface area contributed by atoms with E-state index in [1.807, 2.05) is 0 Å². The van der Waals surface area contributed by atoms with Crippen molar-refractivity contribution in [2.45, 2.75) is 5.41 Å². The van der Waals surface area contributed by atoms with E-state index in [0.29, 0.717) is 0 Å². The van der Waals surface area contributed by atoms with Crippen LogP contribution in [0.15, 0.2) is 229 Å². The predicted molar refractivity (Wildman–Crippen MR) is 253 cm³/mol. The van der Waals surface area contributed by atoms with Gasteiger partial charge in [-0.15, -0.1) is 0 Å². The Labute approximate surface area is 354 Å². The molecule has 0 saturated heterocycles. The molecule has 0 N–H and O–H groups in total. The molecule has 0 radical (unpaired) electrons. The van der Waals surface area contributed by atoms with E-state index in [-0.39, 0.29) is 0 Å². The first-order valence-corrected chi connectivity index (χ1v) is 21.1. The Kier molecular flexibility index (Phi) is 7.26. The molecule has 0 unspecified atom stereocenters. The normalized spacial score (nSPS) is 13.0. The van der Waals surface area contributed by atoms with Crippen molar-refractivity contribution in [3.63, 3.8) is 0 Å². The highest BCUT2D eigenvalue weighted by molar-refractivity contribution is 6.21. The third-order valence-corrected chi connectivity index (χ3v) is 13.3. The van der Waals surface area contributed by atoms with Crippen molar-refractivity contribution in [1.82, 2.24) is 0 Å². The molecule has 1 heterocycles. The van der Waals surface area contributed by atoms with E-state index in [1.54, 1.807) is 0 Å². The van der Waals surface area contributed by atoms with Gasteiger partial charge >= 0.3 is 0 Å². The van der Waals surface area contributed by atoms with Crippen molar-refractivity contribution in [2.24, 2.45) is 0 Å². The van der Waals surface area contributed by atoms with Gasteiger partial charge in [-0.3, -0.25) is 0 Å². The van der Waals surface area contributed by atoms with E-state index < -0.39 is 5.41 Å². The van der Waals surface area contributed by atoms with Gasteiger partial charge in [-0.05, 0) is 114 Å². The first kappa shape index (κ1) is 34.0. The summed E-state index contributed by atoms with van der Waals surface area (Å²) in [6.07, 6.45) is 0. The maximum atomic E-state index is 6.86. The van der Waals surface area contributed by atoms with Crippen molar-refractivity contribution in [1.29, 1.82) is 0 Å². The Hall–Kier alpha value is -7.94. The molecule has 11 aromatic rings. The molecule has 0 fully saturated rings. The number of nitrogens with zero attached hydrogens (tertiary/aromatic N) is 1. The summed E-state index contributed by atoms with van der Waals surface area (Å²) in [7, 11) is 0. The van der Waals surface area contributed by atoms with Crippen LogP contribution in [-0.4, -0.2) is 0 Å². The maximum Gasteiger partial charge on any atom is 0.143 e. The highest BCUT2D eigenvalue weighted by Gasteiger charge is 2.51. The monoisotopic (exact) mass is 775 g/mol. The van der Waals surface area contributed by atoms with E-state index in [1.165, 1.54) is 66.4 Å². The van der Waals surface area contributed by atoms with Crippen LogP contribution in [0.5, 0.6) is 0 Å². The molecule has 2 aliphatic carbocycles. The summed E-state index contributed by atoms with van der Waals surface area (Å²) in [5, 5.41) is 4.61. The zero-order chi connectivity index (χ0) is 40.1. The Balaban J connectivity index is 1.11. The van der Waals surface area contributed by atoms with Crippen LogP contribution in [0.2, 0.25) is 0 Å². The largest absolute Gasteiger partial charge is 0.455 e. The highest BCUT2D eigenvalue weighted by Crippen LogP contribution is 2.63. The summed E-state index contributed by atoms with van der Waals surface area (Å²) in [5.74, 6) is 0. The Morgan fingerprint density at radius 2 is 0.869 bits per heavy atom. The number of benzene rings is 10. The molecule has 0 amide bonds. The summed E-state index contributed by atoms with van der Waals surface area (Å²) in [4.78, 5) is 2.45. The summed E-state index contributed by atoms with van der Waals surface area (Å²) >= 11 is 0. The fraction of sp³-hybridized carbons (Fsp3) is 0.0169. The lowest BCUT2D eigenvalue weighted by Crippen LogP contribution is -2.26. The standard InChI is InChI=1S/C59H37NO/c1-3-15-38(16-4-1)39-27-30-42(31-28-39)60(44-35-50(40-17-5-2-6-18-40)58-51(36-44)57-45-20-8-7-19-41(45)29-34-56(57)61-58)43-32-33-49-48-23-11-14-26-54(48)59(55(49)37-43)52-24-12-9-21-46(52)47-22-10-13-25-53(47)59/h1-37H. The molecule has 1 aromatic heterocycles. The molecule has 284 valence electrons. The topological polar surface area (TPSA) is 16.4 Å². The minimum Gasteiger partial charge on any atom is -0.455 e. The molecule has 2 aliphatic rings. The molecule has 0 atom stereocenters. The molecule has 10 aromatic carbocycles. The number of hydrogen-bond acceptors (Lipinski definition) is 2. The van der Waals surface area contributed by atoms with Crippen LogP contribution < -0.4 is 4.90 Å². The lowest BCUT2D eigenvalue weighted by molar-refractivity contribution is 0.670. The van der Waals surface area contributed by atoms with Crippen molar-refractivity contribution in [2.75, 3.05) is 4.90 Å². The van der Waals surface area contributed by atoms with Crippen LogP contribution in [0.4, 0.5) is 17.1 Å². The number of rotatable bonds is 5. The maximum absolute atomic E-state index is 6.86. The highest BCUT2D eigenvalue weighted by atomic mass is 16.3. The van der Waals surface area contributed by atoms with Gasteiger partial charge in [0.15, 0.2) is 0 Å². The SMILES string of the molecule is c1ccc(-c2ccc(N(c3ccc4c(c3)C3(c5ccccc5-c5ccccc53)c3ccccc3-4)c3cc(-c4ccccc4)c4oc5ccc6ccccc6c5c4c3)cc2)cc1. The second kappa shape index (κ2) is 13.0. The van der Waals surface area contributed by atoms with Gasteiger partial charge in [0.1, 0.15) is 11.2 Å². The van der Waals surface area contributed by atoms with Gasteiger partial charge in [-0.2, -0.15) is 0 Å². The average Bonchev–Trinajstić information content (AvgIpc) is 3.97. The van der Waals surface area contributed by atoms with Gasteiger partial charge in [0, 0.05) is 33.4 Å². The molecule has 61 heavy (non-hydrogen) atoms. The van der Waals surface area contributed by atoms with E-state index in [2.05, 4.69) is 229 Å². The van der Waals surface area contributed by atoms with Gasteiger partial charge in [-0.25, -0.2) is 0 Å². The van der Waals surface area contributed by atoms with E-state index in [4.69, 9.17) is 4.42 Å². The fourth-order valence-electron chi connectivity index (χ4n) is 10.7. The van der Waals surface area contributed by atoms with Gasteiger partial charge in [0.2, 0.25) is 0 Å². The second-order valence-corrected chi connectivity index (χ2v) is 16.4. The summed E-state index contributed by atoms with van der Waals surface area (Å²) in [6, 6.07) is 82.3. The van der Waals surface area contributed by atoms with Gasteiger partial charge < -0.3 is 9.32 Å². The number of anilines is 3. The molecular weight excluding hydrogens is 739 g/mol. The Morgan fingerprint density at radius 1 is 0.328 bits per heavy atom. The van der Waals surface area contributed by atoms with Crippen LogP contribution in [0.25, 0.3) is 77.2 Å². The number of hydrogen-bond donors (Lipinski definition) is 0. The Bertz CT molecular complexity index is 3460. The van der Waals surface area contributed by atoms with Crippen LogP contribution in [0.1, 0.15) is 22.3 Å². The van der Waals surface area contributed by atoms with Crippen LogP contribution in [0.3, 0.4) is 0 Å². The molecule has 0 saturated carbocycles. The third kappa shape index (κ3) is 4.85. The smallest absolute Gasteiger partial charge is 0.143 e. The van der Waals surface area contributed by atoms with Crippen molar-refractivity contribution in [3.05, 3.63) is 247 Å². The second-order valence-electron chi connectivity index (χ2n) is 16.4. The predicted octanol–water partition coefficient (Wildman–Crippen LogP) is 15.9. The minimum absolute atomic E-state index is 0.462. The lowest BCUT2D eigenvalue weighted by atomic mass is 9.70. The van der Waals surface area contributed by atoms with Gasteiger partial charge in [0.05, 0.1) is 5.41 Å². The molecule has 13 rings (SSSR count). The molecular formula is C59H37NO. The summed E-state index contributed by atoms with van der Waals surface area (Å²) < 4.78 is 6.86. The lowest BCUT2D eigenvalue weighted by Gasteiger charge is -2.32. The van der Waals surface area contributed by atoms with Crippen molar-refractivity contribution >= 4 is 49.8 Å².